The van der Waals surface area contributed by atoms with Gasteiger partial charge in [0, 0.05) is 18.8 Å². The lowest BCUT2D eigenvalue weighted by Gasteiger charge is -2.33. The largest absolute Gasteiger partial charge is 0.468 e. The van der Waals surface area contributed by atoms with Gasteiger partial charge in [-0.15, -0.1) is 0 Å². The van der Waals surface area contributed by atoms with E-state index >= 15 is 0 Å². The Morgan fingerprint density at radius 2 is 2.50 bits per heavy atom. The smallest absolute Gasteiger partial charge is 0.325 e. The zero-order chi connectivity index (χ0) is 10.4. The van der Waals surface area contributed by atoms with Crippen LogP contribution in [-0.2, 0) is 14.3 Å². The minimum Gasteiger partial charge on any atom is -0.468 e. The fraction of sp³-hybridized carbons (Fsp3) is 0.889. The van der Waals surface area contributed by atoms with E-state index in [-0.39, 0.29) is 12.0 Å². The topological polar surface area (TPSA) is 38.8 Å². The second kappa shape index (κ2) is 6.27. The molecule has 0 aromatic carbocycles. The Hall–Kier alpha value is -0.260. The molecular formula is C9H17NO3S. The summed E-state index contributed by atoms with van der Waals surface area (Å²) in [6, 6.07) is -0.208. The van der Waals surface area contributed by atoms with E-state index in [2.05, 4.69) is 11.2 Å². The highest BCUT2D eigenvalue weighted by Gasteiger charge is 2.29. The molecule has 0 radical (unpaired) electrons. The molecule has 82 valence electrons. The summed E-state index contributed by atoms with van der Waals surface area (Å²) >= 11 is 1.78. The number of morpholine rings is 1. The Balaban J connectivity index is 2.45. The minimum absolute atomic E-state index is 0.189. The number of rotatable bonds is 4. The van der Waals surface area contributed by atoms with Gasteiger partial charge in [-0.05, 0) is 6.26 Å². The molecule has 5 heteroatoms. The number of carbonyl (C=O) groups excluding carboxylic acids is 1. The number of nitrogens with zero attached hydrogens (tertiary/aromatic N) is 1. The molecule has 1 rings (SSSR count). The third-order valence-corrected chi connectivity index (χ3v) is 2.89. The minimum atomic E-state index is -0.208. The highest BCUT2D eigenvalue weighted by molar-refractivity contribution is 7.98. The first kappa shape index (κ1) is 11.8. The van der Waals surface area contributed by atoms with E-state index < -0.39 is 0 Å². The van der Waals surface area contributed by atoms with Crippen molar-refractivity contribution < 1.29 is 14.3 Å². The third-order valence-electron chi connectivity index (χ3n) is 2.30. The summed E-state index contributed by atoms with van der Waals surface area (Å²) in [5.41, 5.74) is 0. The third kappa shape index (κ3) is 3.15. The molecule has 0 bridgehead atoms. The van der Waals surface area contributed by atoms with E-state index in [1.807, 2.05) is 0 Å². The molecule has 0 aromatic rings. The lowest BCUT2D eigenvalue weighted by molar-refractivity contribution is -0.153. The van der Waals surface area contributed by atoms with Crippen molar-refractivity contribution in [3.05, 3.63) is 0 Å². The van der Waals surface area contributed by atoms with Crippen LogP contribution in [0.2, 0.25) is 0 Å². The van der Waals surface area contributed by atoms with E-state index in [4.69, 9.17) is 9.47 Å². The van der Waals surface area contributed by atoms with E-state index in [1.54, 1.807) is 11.8 Å². The van der Waals surface area contributed by atoms with Crippen LogP contribution < -0.4 is 0 Å². The van der Waals surface area contributed by atoms with Crippen LogP contribution >= 0.6 is 11.8 Å². The number of carbonyl (C=O) groups is 1. The maximum atomic E-state index is 11.4. The number of hydrogen-bond donors (Lipinski definition) is 0. The summed E-state index contributed by atoms with van der Waals surface area (Å²) < 4.78 is 10.00. The fourth-order valence-electron chi connectivity index (χ4n) is 1.47. The quantitative estimate of drug-likeness (QED) is 0.633. The normalized spacial score (nSPS) is 23.4. The first-order valence-electron chi connectivity index (χ1n) is 4.68. The Labute approximate surface area is 88.9 Å². The van der Waals surface area contributed by atoms with Crippen LogP contribution in [0.4, 0.5) is 0 Å². The summed E-state index contributed by atoms with van der Waals surface area (Å²) in [5, 5.41) is 0. The number of ether oxygens (including phenoxy) is 2. The van der Waals surface area contributed by atoms with Crippen LogP contribution in [0.15, 0.2) is 0 Å². The lowest BCUT2D eigenvalue weighted by Crippen LogP contribution is -2.51. The van der Waals surface area contributed by atoms with Crippen LogP contribution in [0.3, 0.4) is 0 Å². The first-order chi connectivity index (χ1) is 6.79. The van der Waals surface area contributed by atoms with Crippen molar-refractivity contribution in [3.8, 4) is 0 Å². The summed E-state index contributed by atoms with van der Waals surface area (Å²) in [4.78, 5) is 13.5. The Bertz CT molecular complexity index is 189. The monoisotopic (exact) mass is 219 g/mol. The van der Waals surface area contributed by atoms with Gasteiger partial charge < -0.3 is 9.47 Å². The lowest BCUT2D eigenvalue weighted by atomic mass is 10.2. The maximum Gasteiger partial charge on any atom is 0.325 e. The Morgan fingerprint density at radius 1 is 1.71 bits per heavy atom. The van der Waals surface area contributed by atoms with Crippen LogP contribution in [-0.4, -0.2) is 62.3 Å². The Morgan fingerprint density at radius 3 is 3.14 bits per heavy atom. The number of esters is 1. The van der Waals surface area contributed by atoms with Gasteiger partial charge >= 0.3 is 5.97 Å². The molecule has 0 aromatic heterocycles. The standard InChI is InChI=1S/C9H17NO3S/c1-12-9(11)8-7-13-5-3-10(8)4-6-14-2/h8H,3-7H2,1-2H3. The van der Waals surface area contributed by atoms with Gasteiger partial charge in [0.1, 0.15) is 6.04 Å². The van der Waals surface area contributed by atoms with E-state index in [0.717, 1.165) is 18.8 Å². The summed E-state index contributed by atoms with van der Waals surface area (Å²) in [7, 11) is 1.42. The van der Waals surface area contributed by atoms with Crippen LogP contribution in [0.5, 0.6) is 0 Å². The van der Waals surface area contributed by atoms with Crippen LogP contribution in [0.1, 0.15) is 0 Å². The van der Waals surface area contributed by atoms with Gasteiger partial charge in [-0.25, -0.2) is 0 Å². The zero-order valence-corrected chi connectivity index (χ0v) is 9.51. The second-order valence-electron chi connectivity index (χ2n) is 3.14. The van der Waals surface area contributed by atoms with Crippen LogP contribution in [0.25, 0.3) is 0 Å². The SMILES string of the molecule is COC(=O)C1COCCN1CCSC. The van der Waals surface area contributed by atoms with Gasteiger partial charge in [-0.2, -0.15) is 11.8 Å². The maximum absolute atomic E-state index is 11.4. The van der Waals surface area contributed by atoms with Crippen molar-refractivity contribution in [1.82, 2.24) is 4.90 Å². The van der Waals surface area contributed by atoms with Crippen molar-refractivity contribution in [3.63, 3.8) is 0 Å². The molecule has 0 amide bonds. The molecular weight excluding hydrogens is 202 g/mol. The molecule has 0 N–H and O–H groups in total. The molecule has 1 saturated heterocycles. The van der Waals surface area contributed by atoms with Gasteiger partial charge in [0.05, 0.1) is 20.3 Å². The van der Waals surface area contributed by atoms with Crippen molar-refractivity contribution in [2.24, 2.45) is 0 Å². The molecule has 1 atom stereocenters. The van der Waals surface area contributed by atoms with E-state index in [1.165, 1.54) is 7.11 Å². The molecule has 1 heterocycles. The average Bonchev–Trinajstić information content (AvgIpc) is 2.25. The fourth-order valence-corrected chi connectivity index (χ4v) is 1.88. The second-order valence-corrected chi connectivity index (χ2v) is 4.13. The predicted octanol–water partition coefficient (Wildman–Crippen LogP) is 0.223. The van der Waals surface area contributed by atoms with Gasteiger partial charge in [-0.1, -0.05) is 0 Å². The molecule has 14 heavy (non-hydrogen) atoms. The number of hydrogen-bond acceptors (Lipinski definition) is 5. The van der Waals surface area contributed by atoms with Crippen LogP contribution in [0, 0.1) is 0 Å². The summed E-state index contributed by atoms with van der Waals surface area (Å²) in [6.07, 6.45) is 2.06. The van der Waals surface area contributed by atoms with Gasteiger partial charge in [-0.3, -0.25) is 9.69 Å². The molecule has 4 nitrogen and oxygen atoms in total. The number of methoxy groups -OCH3 is 1. The van der Waals surface area contributed by atoms with Gasteiger partial charge in [0.25, 0.3) is 0 Å². The van der Waals surface area contributed by atoms with Crippen molar-refractivity contribution in [1.29, 1.82) is 0 Å². The molecule has 0 spiro atoms. The van der Waals surface area contributed by atoms with Crippen molar-refractivity contribution in [2.45, 2.75) is 6.04 Å². The zero-order valence-electron chi connectivity index (χ0n) is 8.69. The molecule has 0 aliphatic carbocycles. The molecule has 1 fully saturated rings. The average molecular weight is 219 g/mol. The van der Waals surface area contributed by atoms with E-state index in [0.29, 0.717) is 13.2 Å². The predicted molar refractivity (Wildman–Crippen MR) is 56.6 cm³/mol. The summed E-state index contributed by atoms with van der Waals surface area (Å²) in [6.45, 7) is 2.91. The molecule has 1 aliphatic rings. The van der Waals surface area contributed by atoms with Gasteiger partial charge in [0.15, 0.2) is 0 Å². The summed E-state index contributed by atoms with van der Waals surface area (Å²) in [5.74, 6) is 0.846. The molecule has 0 saturated carbocycles. The molecule has 1 aliphatic heterocycles. The highest BCUT2D eigenvalue weighted by atomic mass is 32.2. The highest BCUT2D eigenvalue weighted by Crippen LogP contribution is 2.09. The number of thioether (sulfide) groups is 1. The Kier molecular flexibility index (Phi) is 5.29. The molecule has 1 unspecified atom stereocenters. The van der Waals surface area contributed by atoms with Gasteiger partial charge in [0.2, 0.25) is 0 Å². The first-order valence-corrected chi connectivity index (χ1v) is 6.07. The van der Waals surface area contributed by atoms with Crippen molar-refractivity contribution >= 4 is 17.7 Å². The van der Waals surface area contributed by atoms with Crippen molar-refractivity contribution in [2.75, 3.05) is 45.4 Å². The van der Waals surface area contributed by atoms with E-state index in [9.17, 15) is 4.79 Å².